The highest BCUT2D eigenvalue weighted by molar-refractivity contribution is 6.01. The van der Waals surface area contributed by atoms with Crippen LogP contribution in [-0.2, 0) is 81.6 Å². The van der Waals surface area contributed by atoms with Crippen LogP contribution in [0.15, 0.2) is 91.0 Å². The number of benzene rings is 3. The van der Waals surface area contributed by atoms with Crippen LogP contribution < -0.4 is 26.6 Å². The fraction of sp³-hybridized carbons (Fsp3) is 0.581. The number of nitrogens with one attached hydrogen (secondary N) is 5. The fourth-order valence-corrected chi connectivity index (χ4v) is 13.2. The largest absolute Gasteiger partial charge is 0.391 e. The van der Waals surface area contributed by atoms with Crippen LogP contribution in [0.4, 0.5) is 0 Å². The summed E-state index contributed by atoms with van der Waals surface area (Å²) in [5.41, 5.74) is 1.94. The SMILES string of the molecule is CC(C)C[C@@H]1NC(=O)[C@H](Cc2ccccc2)N(C)C(=O)CN(C)C(=O)[C@H]([C@@H](C)O)NC(=O)[C@H](CC(C)C)N(C)C(=O)[C@H](C)NC(=O)C[C@@H](C(=O)N(C)[C@@H](Cc2ccccc2)C(=O)N(C)[C@@H](C)C(=O)N2CCC[C@H]2C(=O)N(C)[C@@H](Cc2ccccc2)C(=O)N[C@@H](C)C(=O)N2CCCCC2)NC1=O. The Kier molecular flexibility index (Phi) is 29.9. The van der Waals surface area contributed by atoms with Crippen LogP contribution in [0.3, 0.4) is 0 Å². The summed E-state index contributed by atoms with van der Waals surface area (Å²) in [6, 6.07) is 11.8. The Hall–Kier alpha value is -9.27. The molecular weight excluding hydrogens is 1290 g/mol. The smallest absolute Gasteiger partial charge is 0.248 e. The third kappa shape index (κ3) is 21.9. The number of likely N-dealkylation sites (N-methyl/N-ethyl adjacent to an activating group) is 6. The van der Waals surface area contributed by atoms with Crippen molar-refractivity contribution in [1.82, 2.24) is 65.8 Å². The molecule has 3 aromatic rings. The zero-order chi connectivity index (χ0) is 74.7. The molecule has 0 spiro atoms. The number of rotatable bonds is 21. The summed E-state index contributed by atoms with van der Waals surface area (Å²) in [6.07, 6.45) is 0.875. The van der Waals surface area contributed by atoms with Crippen molar-refractivity contribution in [3.63, 3.8) is 0 Å². The van der Waals surface area contributed by atoms with Gasteiger partial charge < -0.3 is 70.9 Å². The van der Waals surface area contributed by atoms with E-state index in [4.69, 9.17) is 0 Å². The van der Waals surface area contributed by atoms with E-state index in [1.165, 1.54) is 72.9 Å². The monoisotopic (exact) mass is 1400 g/mol. The number of carbonyl (C=O) groups is 13. The summed E-state index contributed by atoms with van der Waals surface area (Å²) in [6.45, 7) is 13.6. The summed E-state index contributed by atoms with van der Waals surface area (Å²) in [5, 5.41) is 24.5. The predicted molar refractivity (Wildman–Crippen MR) is 378 cm³/mol. The summed E-state index contributed by atoms with van der Waals surface area (Å²) in [5.74, 6) is -10.1. The Morgan fingerprint density at radius 1 is 0.574 bits per heavy atom. The lowest BCUT2D eigenvalue weighted by atomic mass is 9.99. The standard InChI is InChI=1S/C74H107N13O14/c1-45(2)38-54-64(91)78-55(43-61(89)75-47(5)68(95)83(12)57(39-46(3)4)67(94)79-63(50(8)88)74(101)80(9)44-62(90)82(11)58(66(93)77-54)40-51-28-19-15-20-29-51)71(98)85(14)60(42-53-32-23-17-24-33-53)73(100)81(10)49(7)70(97)87-37-27-34-56(87)72(99)84(13)59(41-52-30-21-16-22-31-52)65(92)76-48(6)69(96)86-35-25-18-26-36-86/h15-17,19-24,28-33,45-50,54-60,63,88H,18,25-27,34-44H2,1-14H3,(H,75,89)(H,76,92)(H,77,93)(H,78,91)(H,79,94)/t47-,48-,49-,50+,54-,55-,56-,57-,58-,59-,60-,63-/m0/s1. The maximum absolute atomic E-state index is 15.6. The van der Waals surface area contributed by atoms with Crippen LogP contribution in [0.5, 0.6) is 0 Å². The van der Waals surface area contributed by atoms with E-state index >= 15 is 19.2 Å². The Labute approximate surface area is 594 Å². The maximum Gasteiger partial charge on any atom is 0.248 e. The van der Waals surface area contributed by atoms with Crippen molar-refractivity contribution in [3.8, 4) is 0 Å². The first kappa shape index (κ1) is 80.7. The van der Waals surface area contributed by atoms with Gasteiger partial charge in [-0.2, -0.15) is 0 Å². The fourth-order valence-electron chi connectivity index (χ4n) is 13.2. The Balaban J connectivity index is 1.35. The number of hydrogen-bond acceptors (Lipinski definition) is 14. The van der Waals surface area contributed by atoms with Crippen molar-refractivity contribution >= 4 is 76.8 Å². The topological polar surface area (TPSA) is 328 Å². The predicted octanol–water partition coefficient (Wildman–Crippen LogP) is 1.67. The molecule has 101 heavy (non-hydrogen) atoms. The number of hydrogen-bond donors (Lipinski definition) is 6. The van der Waals surface area contributed by atoms with Crippen molar-refractivity contribution in [3.05, 3.63) is 108 Å². The summed E-state index contributed by atoms with van der Waals surface area (Å²) in [4.78, 5) is 200. The second kappa shape index (κ2) is 37.4. The maximum atomic E-state index is 15.6. The van der Waals surface area contributed by atoms with Gasteiger partial charge in [0, 0.05) is 81.2 Å². The molecule has 0 radical (unpaired) electrons. The third-order valence-corrected chi connectivity index (χ3v) is 19.4. The van der Waals surface area contributed by atoms with Gasteiger partial charge in [-0.05, 0) is 101 Å². The lowest BCUT2D eigenvalue weighted by molar-refractivity contribution is -0.153. The highest BCUT2D eigenvalue weighted by Gasteiger charge is 2.45. The van der Waals surface area contributed by atoms with Gasteiger partial charge in [0.05, 0.1) is 19.1 Å². The van der Waals surface area contributed by atoms with Gasteiger partial charge in [-0.25, -0.2) is 0 Å². The van der Waals surface area contributed by atoms with Crippen molar-refractivity contribution in [2.45, 2.75) is 199 Å². The number of amides is 13. The van der Waals surface area contributed by atoms with Crippen molar-refractivity contribution in [1.29, 1.82) is 0 Å². The summed E-state index contributed by atoms with van der Waals surface area (Å²) < 4.78 is 0. The van der Waals surface area contributed by atoms with Crippen LogP contribution >= 0.6 is 0 Å². The summed E-state index contributed by atoms with van der Waals surface area (Å²) >= 11 is 0. The first-order chi connectivity index (χ1) is 47.7. The lowest BCUT2D eigenvalue weighted by Crippen LogP contribution is -2.62. The number of nitrogens with zero attached hydrogens (tertiary/aromatic N) is 8. The molecule has 0 aliphatic carbocycles. The number of aliphatic hydroxyl groups excluding tert-OH is 1. The van der Waals surface area contributed by atoms with E-state index in [1.54, 1.807) is 100 Å². The van der Waals surface area contributed by atoms with Gasteiger partial charge >= 0.3 is 0 Å². The first-order valence-corrected chi connectivity index (χ1v) is 35.2. The zero-order valence-corrected chi connectivity index (χ0v) is 61.2. The van der Waals surface area contributed by atoms with Gasteiger partial charge in [-0.15, -0.1) is 0 Å². The Bertz CT molecular complexity index is 3390. The van der Waals surface area contributed by atoms with Crippen molar-refractivity contribution in [2.75, 3.05) is 68.5 Å². The van der Waals surface area contributed by atoms with E-state index in [0.29, 0.717) is 30.6 Å². The second-order valence-electron chi connectivity index (χ2n) is 28.2. The van der Waals surface area contributed by atoms with E-state index in [0.717, 1.165) is 49.3 Å². The van der Waals surface area contributed by atoms with E-state index in [1.807, 2.05) is 30.3 Å². The van der Waals surface area contributed by atoms with Crippen LogP contribution in [0.2, 0.25) is 0 Å². The highest BCUT2D eigenvalue weighted by Crippen LogP contribution is 2.25. The van der Waals surface area contributed by atoms with Crippen LogP contribution in [0, 0.1) is 11.8 Å². The van der Waals surface area contributed by atoms with E-state index in [2.05, 4.69) is 26.6 Å². The van der Waals surface area contributed by atoms with E-state index < -0.39 is 156 Å². The van der Waals surface area contributed by atoms with Gasteiger partial charge in [0.15, 0.2) is 0 Å². The van der Waals surface area contributed by atoms with E-state index in [-0.39, 0.29) is 62.8 Å². The number of aliphatic hydroxyl groups is 1. The first-order valence-electron chi connectivity index (χ1n) is 35.2. The molecule has 552 valence electrons. The molecule has 13 amide bonds. The molecule has 12 atom stereocenters. The molecule has 3 saturated heterocycles. The Morgan fingerprint density at radius 2 is 1.11 bits per heavy atom. The molecule has 3 aromatic carbocycles. The van der Waals surface area contributed by atoms with Crippen molar-refractivity contribution < 1.29 is 67.4 Å². The van der Waals surface area contributed by atoms with Gasteiger partial charge in [0.2, 0.25) is 76.8 Å². The molecule has 6 N–H and O–H groups in total. The van der Waals surface area contributed by atoms with Gasteiger partial charge in [0.1, 0.15) is 66.5 Å². The number of likely N-dealkylation sites (tertiary alicyclic amines) is 2. The number of piperidine rings is 1. The average Bonchev–Trinajstić information content (AvgIpc) is 1.79. The molecule has 3 aliphatic heterocycles. The molecule has 0 unspecified atom stereocenters. The van der Waals surface area contributed by atoms with Crippen LogP contribution in [-0.4, -0.2) is 262 Å². The minimum absolute atomic E-state index is 0.0368. The molecule has 3 fully saturated rings. The summed E-state index contributed by atoms with van der Waals surface area (Å²) in [7, 11) is 8.16. The highest BCUT2D eigenvalue weighted by atomic mass is 16.3. The minimum atomic E-state index is -1.83. The third-order valence-electron chi connectivity index (χ3n) is 19.4. The van der Waals surface area contributed by atoms with Gasteiger partial charge in [0.25, 0.3) is 0 Å². The molecule has 0 aromatic heterocycles. The molecular formula is C74H107N13O14. The molecule has 27 heteroatoms. The quantitative estimate of drug-likeness (QED) is 0.0885. The van der Waals surface area contributed by atoms with Crippen LogP contribution in [0.25, 0.3) is 0 Å². The molecule has 0 saturated carbocycles. The molecule has 6 rings (SSSR count). The molecule has 3 heterocycles. The second-order valence-corrected chi connectivity index (χ2v) is 28.2. The average molecular weight is 1400 g/mol. The molecule has 0 bridgehead atoms. The minimum Gasteiger partial charge on any atom is -0.391 e. The van der Waals surface area contributed by atoms with Crippen LogP contribution in [0.1, 0.15) is 123 Å². The number of carbonyl (C=O) groups excluding carboxylic acids is 13. The lowest BCUT2D eigenvalue weighted by Gasteiger charge is -2.37. The molecule has 27 nitrogen and oxygen atoms in total. The van der Waals surface area contributed by atoms with Crippen molar-refractivity contribution in [2.24, 2.45) is 11.8 Å². The normalized spacial score (nSPS) is 22.7. The van der Waals surface area contributed by atoms with E-state index in [9.17, 15) is 48.3 Å². The zero-order valence-electron chi connectivity index (χ0n) is 61.2. The Morgan fingerprint density at radius 3 is 1.66 bits per heavy atom. The van der Waals surface area contributed by atoms with Gasteiger partial charge in [-0.3, -0.25) is 62.3 Å². The molecule has 3 aliphatic rings. The van der Waals surface area contributed by atoms with Gasteiger partial charge in [-0.1, -0.05) is 119 Å².